The summed E-state index contributed by atoms with van der Waals surface area (Å²) >= 11 is 0. The number of hydrogen-bond acceptors (Lipinski definition) is 3. The number of carbonyl (C=O) groups is 1. The van der Waals surface area contributed by atoms with Gasteiger partial charge in [0.1, 0.15) is 6.17 Å². The smallest absolute Gasteiger partial charge is 0.407 e. The number of alkyl halides is 1. The Labute approximate surface area is 142 Å². The van der Waals surface area contributed by atoms with Crippen molar-refractivity contribution in [2.75, 3.05) is 39.3 Å². The summed E-state index contributed by atoms with van der Waals surface area (Å²) in [5.74, 6) is 0. The van der Waals surface area contributed by atoms with Crippen LogP contribution in [0.1, 0.15) is 18.4 Å². The molecule has 0 radical (unpaired) electrons. The minimum atomic E-state index is -1.09. The SMILES string of the molecule is O=C(O)N1CCC(N2CCCN(Cc3ccccc3)CC2)C(F)C1. The van der Waals surface area contributed by atoms with Gasteiger partial charge in [-0.15, -0.1) is 0 Å². The summed E-state index contributed by atoms with van der Waals surface area (Å²) in [6, 6.07) is 10.3. The van der Waals surface area contributed by atoms with E-state index in [1.807, 2.05) is 6.07 Å². The van der Waals surface area contributed by atoms with Crippen LogP contribution in [0.5, 0.6) is 0 Å². The maximum absolute atomic E-state index is 14.5. The number of amides is 1. The third-order valence-corrected chi connectivity index (χ3v) is 5.12. The van der Waals surface area contributed by atoms with E-state index in [0.29, 0.717) is 13.0 Å². The number of nitrogens with zero attached hydrogens (tertiary/aromatic N) is 3. The van der Waals surface area contributed by atoms with Crippen molar-refractivity contribution in [2.45, 2.75) is 31.6 Å². The van der Waals surface area contributed by atoms with Gasteiger partial charge in [0.05, 0.1) is 6.54 Å². The normalized spacial score (nSPS) is 27.0. The Hall–Kier alpha value is -1.66. The van der Waals surface area contributed by atoms with Crippen LogP contribution in [0.25, 0.3) is 0 Å². The van der Waals surface area contributed by atoms with Crippen molar-refractivity contribution >= 4 is 6.09 Å². The minimum Gasteiger partial charge on any atom is -0.465 e. The van der Waals surface area contributed by atoms with Crippen LogP contribution < -0.4 is 0 Å². The van der Waals surface area contributed by atoms with Gasteiger partial charge in [-0.1, -0.05) is 30.3 Å². The molecule has 0 aliphatic carbocycles. The lowest BCUT2D eigenvalue weighted by Gasteiger charge is -2.39. The monoisotopic (exact) mass is 335 g/mol. The molecule has 6 heteroatoms. The number of carboxylic acid groups (broad SMARTS) is 1. The summed E-state index contributed by atoms with van der Waals surface area (Å²) in [4.78, 5) is 16.8. The molecular weight excluding hydrogens is 309 g/mol. The molecule has 24 heavy (non-hydrogen) atoms. The van der Waals surface area contributed by atoms with Crippen LogP contribution in [0.3, 0.4) is 0 Å². The van der Waals surface area contributed by atoms with Crippen molar-refractivity contribution in [3.8, 4) is 0 Å². The van der Waals surface area contributed by atoms with Crippen molar-refractivity contribution in [2.24, 2.45) is 0 Å². The Bertz CT molecular complexity index is 542. The van der Waals surface area contributed by atoms with Crippen molar-refractivity contribution in [3.05, 3.63) is 35.9 Å². The molecule has 2 unspecified atom stereocenters. The molecule has 1 amide bonds. The van der Waals surface area contributed by atoms with Gasteiger partial charge in [0.2, 0.25) is 0 Å². The zero-order valence-electron chi connectivity index (χ0n) is 14.0. The first-order chi connectivity index (χ1) is 11.6. The largest absolute Gasteiger partial charge is 0.465 e. The second-order valence-corrected chi connectivity index (χ2v) is 6.75. The molecule has 2 saturated heterocycles. The lowest BCUT2D eigenvalue weighted by Crippen LogP contribution is -2.54. The second-order valence-electron chi connectivity index (χ2n) is 6.75. The fourth-order valence-electron chi connectivity index (χ4n) is 3.80. The number of likely N-dealkylation sites (tertiary alicyclic amines) is 1. The van der Waals surface area contributed by atoms with Crippen molar-refractivity contribution in [1.29, 1.82) is 0 Å². The van der Waals surface area contributed by atoms with E-state index in [1.54, 1.807) is 0 Å². The molecule has 2 aliphatic rings. The van der Waals surface area contributed by atoms with Gasteiger partial charge in [0.25, 0.3) is 0 Å². The Kier molecular flexibility index (Phi) is 5.68. The summed E-state index contributed by atoms with van der Waals surface area (Å²) in [7, 11) is 0. The van der Waals surface area contributed by atoms with Crippen molar-refractivity contribution < 1.29 is 14.3 Å². The topological polar surface area (TPSA) is 47.0 Å². The highest BCUT2D eigenvalue weighted by Gasteiger charge is 2.35. The van der Waals surface area contributed by atoms with Gasteiger partial charge < -0.3 is 10.0 Å². The van der Waals surface area contributed by atoms with Crippen LogP contribution in [0.2, 0.25) is 0 Å². The molecule has 1 N–H and O–H groups in total. The Morgan fingerprint density at radius 2 is 1.92 bits per heavy atom. The van der Waals surface area contributed by atoms with E-state index >= 15 is 0 Å². The lowest BCUT2D eigenvalue weighted by molar-refractivity contribution is 0.0370. The molecule has 2 fully saturated rings. The van der Waals surface area contributed by atoms with E-state index in [2.05, 4.69) is 34.1 Å². The molecule has 132 valence electrons. The average Bonchev–Trinajstić information content (AvgIpc) is 2.81. The molecule has 1 aromatic rings. The maximum atomic E-state index is 14.5. The highest BCUT2D eigenvalue weighted by atomic mass is 19.1. The molecule has 0 spiro atoms. The second kappa shape index (κ2) is 7.94. The van der Waals surface area contributed by atoms with Crippen molar-refractivity contribution in [1.82, 2.24) is 14.7 Å². The zero-order valence-corrected chi connectivity index (χ0v) is 14.0. The highest BCUT2D eigenvalue weighted by Crippen LogP contribution is 2.21. The standard InChI is InChI=1S/C18H26FN3O2/c19-16-14-22(18(23)24)10-7-17(16)21-9-4-8-20(11-12-21)13-15-5-2-1-3-6-15/h1-3,5-6,16-17H,4,7-14H2,(H,23,24). The molecule has 0 aromatic heterocycles. The number of benzene rings is 1. The van der Waals surface area contributed by atoms with E-state index < -0.39 is 12.3 Å². The summed E-state index contributed by atoms with van der Waals surface area (Å²) in [6.45, 7) is 5.07. The van der Waals surface area contributed by atoms with E-state index in [-0.39, 0.29) is 12.6 Å². The van der Waals surface area contributed by atoms with Crippen molar-refractivity contribution in [3.63, 3.8) is 0 Å². The van der Waals surface area contributed by atoms with Gasteiger partial charge in [-0.05, 0) is 31.5 Å². The number of rotatable bonds is 3. The fourth-order valence-corrected chi connectivity index (χ4v) is 3.80. The number of piperidine rings is 1. The van der Waals surface area contributed by atoms with Gasteiger partial charge in [-0.3, -0.25) is 9.80 Å². The van der Waals surface area contributed by atoms with Crippen LogP contribution in [0.15, 0.2) is 30.3 Å². The number of hydrogen-bond donors (Lipinski definition) is 1. The molecule has 5 nitrogen and oxygen atoms in total. The molecule has 0 bridgehead atoms. The molecular formula is C18H26FN3O2. The average molecular weight is 335 g/mol. The zero-order chi connectivity index (χ0) is 16.9. The molecule has 2 heterocycles. The molecule has 0 saturated carbocycles. The Balaban J connectivity index is 1.53. The van der Waals surface area contributed by atoms with Crippen LogP contribution in [0, 0.1) is 0 Å². The maximum Gasteiger partial charge on any atom is 0.407 e. The molecule has 1 aromatic carbocycles. The molecule has 2 atom stereocenters. The van der Waals surface area contributed by atoms with Gasteiger partial charge in [-0.25, -0.2) is 9.18 Å². The minimum absolute atomic E-state index is 0.00420. The van der Waals surface area contributed by atoms with Crippen LogP contribution in [-0.2, 0) is 6.54 Å². The summed E-state index contributed by atoms with van der Waals surface area (Å²) in [5, 5.41) is 9.01. The van der Waals surface area contributed by atoms with Gasteiger partial charge >= 0.3 is 6.09 Å². The van der Waals surface area contributed by atoms with Gasteiger partial charge in [0, 0.05) is 32.2 Å². The summed E-state index contributed by atoms with van der Waals surface area (Å²) < 4.78 is 14.5. The van der Waals surface area contributed by atoms with E-state index in [1.165, 1.54) is 10.5 Å². The molecule has 2 aliphatic heterocycles. The number of halogens is 1. The Morgan fingerprint density at radius 1 is 1.12 bits per heavy atom. The third kappa shape index (κ3) is 4.24. The van der Waals surface area contributed by atoms with Crippen LogP contribution >= 0.6 is 0 Å². The van der Waals surface area contributed by atoms with E-state index in [0.717, 1.165) is 39.1 Å². The van der Waals surface area contributed by atoms with Gasteiger partial charge in [-0.2, -0.15) is 0 Å². The van der Waals surface area contributed by atoms with E-state index in [4.69, 9.17) is 5.11 Å². The van der Waals surface area contributed by atoms with Crippen LogP contribution in [-0.4, -0.2) is 77.4 Å². The Morgan fingerprint density at radius 3 is 2.62 bits per heavy atom. The molecule has 3 rings (SSSR count). The lowest BCUT2D eigenvalue weighted by atomic mass is 10.0. The summed E-state index contributed by atoms with van der Waals surface area (Å²) in [5.41, 5.74) is 1.31. The first-order valence-corrected chi connectivity index (χ1v) is 8.76. The van der Waals surface area contributed by atoms with E-state index in [9.17, 15) is 9.18 Å². The quantitative estimate of drug-likeness (QED) is 0.921. The summed E-state index contributed by atoms with van der Waals surface area (Å²) in [6.07, 6.45) is -0.485. The third-order valence-electron chi connectivity index (χ3n) is 5.12. The van der Waals surface area contributed by atoms with Crippen LogP contribution in [0.4, 0.5) is 9.18 Å². The first kappa shape index (κ1) is 17.2. The van der Waals surface area contributed by atoms with Gasteiger partial charge in [0.15, 0.2) is 0 Å². The highest BCUT2D eigenvalue weighted by molar-refractivity contribution is 5.65. The predicted octanol–water partition coefficient (Wildman–Crippen LogP) is 2.28. The fraction of sp³-hybridized carbons (Fsp3) is 0.611. The predicted molar refractivity (Wildman–Crippen MR) is 90.8 cm³/mol. The first-order valence-electron chi connectivity index (χ1n) is 8.76.